The summed E-state index contributed by atoms with van der Waals surface area (Å²) >= 11 is 0. The van der Waals surface area contributed by atoms with Crippen LogP contribution < -0.4 is 5.32 Å². The Labute approximate surface area is 130 Å². The molecule has 2 aliphatic rings. The third-order valence-electron chi connectivity index (χ3n) is 6.56. The third kappa shape index (κ3) is 1.20. The molecule has 0 aliphatic heterocycles. The highest BCUT2D eigenvalue weighted by Crippen LogP contribution is 2.70. The molecule has 2 bridgehead atoms. The first kappa shape index (κ1) is 13.7. The second kappa shape index (κ2) is 3.86. The van der Waals surface area contributed by atoms with Crippen molar-refractivity contribution in [3.8, 4) is 0 Å². The summed E-state index contributed by atoms with van der Waals surface area (Å²) in [5.41, 5.74) is 2.83. The summed E-state index contributed by atoms with van der Waals surface area (Å²) < 4.78 is 0. The largest absolute Gasteiger partial charge is 0.358 e. The highest BCUT2D eigenvalue weighted by Gasteiger charge is 2.72. The highest BCUT2D eigenvalue weighted by molar-refractivity contribution is 5.92. The number of rotatable bonds is 1. The van der Waals surface area contributed by atoms with Gasteiger partial charge in [-0.2, -0.15) is 0 Å². The molecule has 0 spiro atoms. The second-order valence-electron chi connectivity index (χ2n) is 7.35. The second-order valence-corrected chi connectivity index (χ2v) is 7.35. The van der Waals surface area contributed by atoms with Crippen molar-refractivity contribution in [2.24, 2.45) is 5.41 Å². The van der Waals surface area contributed by atoms with Gasteiger partial charge in [-0.15, -0.1) is 0 Å². The van der Waals surface area contributed by atoms with E-state index in [-0.39, 0.29) is 16.7 Å². The molecule has 4 heteroatoms. The summed E-state index contributed by atoms with van der Waals surface area (Å²) in [5, 5.41) is 2.88. The fourth-order valence-corrected chi connectivity index (χ4v) is 4.76. The minimum Gasteiger partial charge on any atom is -0.358 e. The van der Waals surface area contributed by atoms with Gasteiger partial charge in [-0.1, -0.05) is 32.9 Å². The molecule has 2 atom stereocenters. The van der Waals surface area contributed by atoms with Gasteiger partial charge in [-0.3, -0.25) is 4.79 Å². The number of aromatic nitrogens is 2. The van der Waals surface area contributed by atoms with Gasteiger partial charge in [-0.25, -0.2) is 9.97 Å². The van der Waals surface area contributed by atoms with E-state index >= 15 is 0 Å². The van der Waals surface area contributed by atoms with Crippen LogP contribution in [0.1, 0.15) is 45.0 Å². The van der Waals surface area contributed by atoms with Crippen LogP contribution in [0.3, 0.4) is 0 Å². The molecular weight excluding hydrogens is 274 g/mol. The van der Waals surface area contributed by atoms with Gasteiger partial charge in [0.2, 0.25) is 5.91 Å². The molecule has 1 fully saturated rings. The van der Waals surface area contributed by atoms with Gasteiger partial charge in [0.15, 0.2) is 0 Å². The van der Waals surface area contributed by atoms with Gasteiger partial charge in [0, 0.05) is 12.5 Å². The summed E-state index contributed by atoms with van der Waals surface area (Å²) in [4.78, 5) is 22.7. The van der Waals surface area contributed by atoms with Crippen molar-refractivity contribution >= 4 is 16.9 Å². The van der Waals surface area contributed by atoms with Gasteiger partial charge < -0.3 is 5.32 Å². The molecule has 22 heavy (non-hydrogen) atoms. The van der Waals surface area contributed by atoms with Crippen LogP contribution in [0.2, 0.25) is 0 Å². The molecule has 114 valence electrons. The summed E-state index contributed by atoms with van der Waals surface area (Å²) in [6.45, 7) is 6.64. The summed E-state index contributed by atoms with van der Waals surface area (Å²) in [6.07, 6.45) is 1.82. The van der Waals surface area contributed by atoms with Crippen LogP contribution in [0.4, 0.5) is 0 Å². The average molecular weight is 295 g/mol. The smallest absolute Gasteiger partial charge is 0.232 e. The highest BCUT2D eigenvalue weighted by atomic mass is 16.2. The average Bonchev–Trinajstić information content (AvgIpc) is 2.81. The lowest BCUT2D eigenvalue weighted by Crippen LogP contribution is -2.50. The molecule has 1 aromatic heterocycles. The maximum absolute atomic E-state index is 12.9. The Bertz CT molecular complexity index is 813. The van der Waals surface area contributed by atoms with Crippen LogP contribution in [0.25, 0.3) is 11.0 Å². The van der Waals surface area contributed by atoms with Crippen LogP contribution in [0, 0.1) is 5.41 Å². The van der Waals surface area contributed by atoms with E-state index in [9.17, 15) is 4.79 Å². The van der Waals surface area contributed by atoms with Crippen LogP contribution in [-0.2, 0) is 15.6 Å². The summed E-state index contributed by atoms with van der Waals surface area (Å²) in [7, 11) is 1.72. The maximum atomic E-state index is 12.9. The van der Waals surface area contributed by atoms with Crippen LogP contribution >= 0.6 is 0 Å². The van der Waals surface area contributed by atoms with E-state index in [1.807, 2.05) is 24.3 Å². The Morgan fingerprint density at radius 2 is 1.64 bits per heavy atom. The molecule has 1 aromatic carbocycles. The number of benzene rings is 1. The molecular formula is C18H21N3O. The third-order valence-corrected chi connectivity index (χ3v) is 6.56. The van der Waals surface area contributed by atoms with E-state index in [0.29, 0.717) is 0 Å². The Balaban J connectivity index is 2.12. The number of likely N-dealkylation sites (N-methyl/N-ethyl adjacent to an activating group) is 1. The van der Waals surface area contributed by atoms with E-state index < -0.39 is 5.41 Å². The molecule has 2 aromatic rings. The Kier molecular flexibility index (Phi) is 2.40. The number of carbonyl (C=O) groups is 1. The molecule has 1 saturated carbocycles. The van der Waals surface area contributed by atoms with Crippen molar-refractivity contribution in [1.82, 2.24) is 15.3 Å². The molecule has 4 nitrogen and oxygen atoms in total. The molecule has 1 heterocycles. The predicted octanol–water partition coefficient (Wildman–Crippen LogP) is 2.70. The summed E-state index contributed by atoms with van der Waals surface area (Å²) in [6, 6.07) is 7.92. The Morgan fingerprint density at radius 1 is 1.05 bits per heavy atom. The minimum absolute atomic E-state index is 0.0737. The lowest BCUT2D eigenvalue weighted by atomic mass is 9.63. The van der Waals surface area contributed by atoms with E-state index in [2.05, 4.69) is 26.1 Å². The number of carbonyl (C=O) groups excluding carboxylic acids is 1. The van der Waals surface area contributed by atoms with Gasteiger partial charge in [0.05, 0.1) is 27.8 Å². The molecule has 4 rings (SSSR count). The maximum Gasteiger partial charge on any atom is 0.232 e. The quantitative estimate of drug-likeness (QED) is 0.880. The van der Waals surface area contributed by atoms with Crippen LogP contribution in [0.15, 0.2) is 24.3 Å². The summed E-state index contributed by atoms with van der Waals surface area (Å²) in [5.74, 6) is 0.0737. The Hall–Kier alpha value is -1.97. The fourth-order valence-electron chi connectivity index (χ4n) is 4.76. The van der Waals surface area contributed by atoms with Gasteiger partial charge in [0.1, 0.15) is 0 Å². The number of amides is 1. The zero-order valence-corrected chi connectivity index (χ0v) is 13.5. The lowest BCUT2D eigenvalue weighted by molar-refractivity contribution is -0.129. The SMILES string of the molecule is CNC(=O)C12CCC(C)(c3nc4ccccc4nc31)C2(C)C. The topological polar surface area (TPSA) is 54.9 Å². The zero-order valence-electron chi connectivity index (χ0n) is 13.5. The van der Waals surface area contributed by atoms with Gasteiger partial charge in [0.25, 0.3) is 0 Å². The fraction of sp³-hybridized carbons (Fsp3) is 0.500. The monoisotopic (exact) mass is 295 g/mol. The first-order valence-electron chi connectivity index (χ1n) is 7.88. The molecule has 1 N–H and O–H groups in total. The van der Waals surface area contributed by atoms with Crippen molar-refractivity contribution in [2.45, 2.75) is 44.4 Å². The van der Waals surface area contributed by atoms with Crippen molar-refractivity contribution in [1.29, 1.82) is 0 Å². The molecule has 1 amide bonds. The number of nitrogens with zero attached hydrogens (tertiary/aromatic N) is 2. The first-order valence-corrected chi connectivity index (χ1v) is 7.88. The van der Waals surface area contributed by atoms with E-state index in [0.717, 1.165) is 35.3 Å². The van der Waals surface area contributed by atoms with Crippen LogP contribution in [0.5, 0.6) is 0 Å². The zero-order chi connectivity index (χ0) is 15.8. The predicted molar refractivity (Wildman–Crippen MR) is 85.6 cm³/mol. The molecule has 0 saturated heterocycles. The van der Waals surface area contributed by atoms with E-state index in [1.54, 1.807) is 7.05 Å². The number of hydrogen-bond donors (Lipinski definition) is 1. The van der Waals surface area contributed by atoms with Crippen molar-refractivity contribution in [2.75, 3.05) is 7.05 Å². The minimum atomic E-state index is -0.567. The normalized spacial score (nSPS) is 31.3. The first-order chi connectivity index (χ1) is 10.4. The molecule has 0 radical (unpaired) electrons. The van der Waals surface area contributed by atoms with Gasteiger partial charge in [-0.05, 0) is 30.4 Å². The standard InChI is InChI=1S/C18H21N3O/c1-16(2)17(3)9-10-18(16,15(22)19-4)14-13(17)20-11-7-5-6-8-12(11)21-14/h5-8H,9-10H2,1-4H3,(H,19,22). The van der Waals surface area contributed by atoms with E-state index in [4.69, 9.17) is 9.97 Å². The number of fused-ring (bicyclic) bond motifs is 6. The van der Waals surface area contributed by atoms with Gasteiger partial charge >= 0.3 is 0 Å². The van der Waals surface area contributed by atoms with Crippen molar-refractivity contribution in [3.05, 3.63) is 35.7 Å². The van der Waals surface area contributed by atoms with Crippen LogP contribution in [-0.4, -0.2) is 22.9 Å². The Morgan fingerprint density at radius 3 is 2.23 bits per heavy atom. The number of nitrogens with one attached hydrogen (secondary N) is 1. The van der Waals surface area contributed by atoms with Crippen molar-refractivity contribution < 1.29 is 4.79 Å². The number of hydrogen-bond acceptors (Lipinski definition) is 3. The molecule has 2 aliphatic carbocycles. The number of para-hydroxylation sites is 2. The van der Waals surface area contributed by atoms with E-state index in [1.165, 1.54) is 0 Å². The van der Waals surface area contributed by atoms with Crippen molar-refractivity contribution in [3.63, 3.8) is 0 Å². The lowest BCUT2D eigenvalue weighted by Gasteiger charge is -2.39. The molecule has 2 unspecified atom stereocenters.